The molecule has 0 bridgehead atoms. The van der Waals surface area contributed by atoms with E-state index in [1.807, 2.05) is 6.92 Å². The SMILES string of the molecule is CCCOC(=O)CC1C(=O)NCCN1C(=O)CNc1cccc(C(=O)NCC2CCCO2)c1. The summed E-state index contributed by atoms with van der Waals surface area (Å²) >= 11 is 0. The third kappa shape index (κ3) is 7.18. The fourth-order valence-corrected chi connectivity index (χ4v) is 3.81. The summed E-state index contributed by atoms with van der Waals surface area (Å²) in [6.45, 7) is 3.91. The van der Waals surface area contributed by atoms with Gasteiger partial charge in [-0.1, -0.05) is 13.0 Å². The molecule has 10 nitrogen and oxygen atoms in total. The van der Waals surface area contributed by atoms with Crippen molar-refractivity contribution in [3.05, 3.63) is 29.8 Å². The summed E-state index contributed by atoms with van der Waals surface area (Å²) < 4.78 is 10.6. The van der Waals surface area contributed by atoms with Crippen molar-refractivity contribution in [1.29, 1.82) is 0 Å². The van der Waals surface area contributed by atoms with Gasteiger partial charge in [-0.2, -0.15) is 0 Å². The molecule has 180 valence electrons. The molecular weight excluding hydrogens is 428 g/mol. The van der Waals surface area contributed by atoms with E-state index in [0.29, 0.717) is 37.3 Å². The number of anilines is 1. The molecule has 2 unspecified atom stereocenters. The van der Waals surface area contributed by atoms with Gasteiger partial charge in [-0.05, 0) is 37.5 Å². The molecule has 1 aromatic rings. The quantitative estimate of drug-likeness (QED) is 0.438. The molecule has 2 aliphatic heterocycles. The van der Waals surface area contributed by atoms with E-state index in [1.54, 1.807) is 24.3 Å². The van der Waals surface area contributed by atoms with E-state index in [4.69, 9.17) is 9.47 Å². The normalized spacial score (nSPS) is 20.2. The van der Waals surface area contributed by atoms with Gasteiger partial charge in [0.2, 0.25) is 11.8 Å². The number of nitrogens with zero attached hydrogens (tertiary/aromatic N) is 1. The van der Waals surface area contributed by atoms with Crippen molar-refractivity contribution < 1.29 is 28.7 Å². The molecule has 3 rings (SSSR count). The lowest BCUT2D eigenvalue weighted by Gasteiger charge is -2.34. The highest BCUT2D eigenvalue weighted by atomic mass is 16.5. The molecule has 2 aliphatic rings. The highest BCUT2D eigenvalue weighted by Gasteiger charge is 2.34. The molecule has 2 saturated heterocycles. The van der Waals surface area contributed by atoms with Gasteiger partial charge in [0.1, 0.15) is 6.04 Å². The highest BCUT2D eigenvalue weighted by molar-refractivity contribution is 5.95. The Labute approximate surface area is 193 Å². The lowest BCUT2D eigenvalue weighted by Crippen LogP contribution is -2.58. The Kier molecular flexibility index (Phi) is 9.05. The molecule has 2 heterocycles. The number of carbonyl (C=O) groups excluding carboxylic acids is 4. The van der Waals surface area contributed by atoms with Gasteiger partial charge >= 0.3 is 5.97 Å². The maximum absolute atomic E-state index is 12.8. The summed E-state index contributed by atoms with van der Waals surface area (Å²) in [7, 11) is 0. The Balaban J connectivity index is 1.54. The fourth-order valence-electron chi connectivity index (χ4n) is 3.81. The van der Waals surface area contributed by atoms with Crippen LogP contribution in [0.25, 0.3) is 0 Å². The lowest BCUT2D eigenvalue weighted by molar-refractivity contribution is -0.151. The number of amides is 3. The molecule has 3 amide bonds. The number of rotatable bonds is 10. The summed E-state index contributed by atoms with van der Waals surface area (Å²) in [5, 5.41) is 8.58. The second-order valence-corrected chi connectivity index (χ2v) is 8.10. The van der Waals surface area contributed by atoms with E-state index in [9.17, 15) is 19.2 Å². The average molecular weight is 461 g/mol. The van der Waals surface area contributed by atoms with E-state index >= 15 is 0 Å². The Morgan fingerprint density at radius 2 is 2.15 bits per heavy atom. The van der Waals surface area contributed by atoms with Crippen molar-refractivity contribution >= 4 is 29.4 Å². The number of esters is 1. The zero-order chi connectivity index (χ0) is 23.6. The van der Waals surface area contributed by atoms with Gasteiger partial charge in [-0.3, -0.25) is 19.2 Å². The molecular formula is C23H32N4O6. The van der Waals surface area contributed by atoms with Gasteiger partial charge < -0.3 is 30.3 Å². The van der Waals surface area contributed by atoms with Crippen LogP contribution in [0.2, 0.25) is 0 Å². The van der Waals surface area contributed by atoms with Crippen LogP contribution in [0.1, 0.15) is 43.0 Å². The third-order valence-electron chi connectivity index (χ3n) is 5.56. The molecule has 10 heteroatoms. The van der Waals surface area contributed by atoms with E-state index in [0.717, 1.165) is 19.4 Å². The van der Waals surface area contributed by atoms with Crippen LogP contribution in [0.4, 0.5) is 5.69 Å². The van der Waals surface area contributed by atoms with Gasteiger partial charge in [-0.25, -0.2) is 0 Å². The zero-order valence-corrected chi connectivity index (χ0v) is 18.9. The van der Waals surface area contributed by atoms with Crippen LogP contribution >= 0.6 is 0 Å². The molecule has 0 spiro atoms. The second-order valence-electron chi connectivity index (χ2n) is 8.10. The maximum Gasteiger partial charge on any atom is 0.308 e. The number of piperazine rings is 1. The van der Waals surface area contributed by atoms with Gasteiger partial charge in [0.25, 0.3) is 5.91 Å². The molecule has 2 fully saturated rings. The molecule has 2 atom stereocenters. The number of hydrogen-bond donors (Lipinski definition) is 3. The Hall–Kier alpha value is -3.14. The predicted octanol–water partition coefficient (Wildman–Crippen LogP) is 0.678. The van der Waals surface area contributed by atoms with Gasteiger partial charge in [0, 0.05) is 37.5 Å². The zero-order valence-electron chi connectivity index (χ0n) is 18.9. The van der Waals surface area contributed by atoms with Crippen LogP contribution in [0.3, 0.4) is 0 Å². The topological polar surface area (TPSA) is 126 Å². The number of carbonyl (C=O) groups is 4. The third-order valence-corrected chi connectivity index (χ3v) is 5.56. The van der Waals surface area contributed by atoms with Crippen LogP contribution in [0.15, 0.2) is 24.3 Å². The summed E-state index contributed by atoms with van der Waals surface area (Å²) in [4.78, 5) is 51.0. The molecule has 3 N–H and O–H groups in total. The smallest absolute Gasteiger partial charge is 0.308 e. The second kappa shape index (κ2) is 12.2. The van der Waals surface area contributed by atoms with Gasteiger partial charge in [0.05, 0.1) is 25.7 Å². The van der Waals surface area contributed by atoms with Crippen molar-refractivity contribution in [1.82, 2.24) is 15.5 Å². The molecule has 0 aliphatic carbocycles. The van der Waals surface area contributed by atoms with Gasteiger partial charge in [-0.15, -0.1) is 0 Å². The Morgan fingerprint density at radius 3 is 2.91 bits per heavy atom. The number of ether oxygens (including phenoxy) is 2. The minimum absolute atomic E-state index is 0.0572. The van der Waals surface area contributed by atoms with E-state index < -0.39 is 12.0 Å². The van der Waals surface area contributed by atoms with Crippen molar-refractivity contribution in [2.45, 2.75) is 44.8 Å². The van der Waals surface area contributed by atoms with Crippen LogP contribution in [-0.4, -0.2) is 80.1 Å². The average Bonchev–Trinajstić information content (AvgIpc) is 3.35. The highest BCUT2D eigenvalue weighted by Crippen LogP contribution is 2.14. The Bertz CT molecular complexity index is 855. The van der Waals surface area contributed by atoms with Crippen LogP contribution in [0.5, 0.6) is 0 Å². The van der Waals surface area contributed by atoms with Crippen LogP contribution in [-0.2, 0) is 23.9 Å². The van der Waals surface area contributed by atoms with Crippen LogP contribution < -0.4 is 16.0 Å². The standard InChI is InChI=1S/C23H32N4O6/c1-2-10-33-21(29)13-19-23(31)24-8-9-27(19)20(28)15-25-17-6-3-5-16(12-17)22(30)26-14-18-7-4-11-32-18/h3,5-6,12,18-19,25H,2,4,7-11,13-15H2,1H3,(H,24,31)(H,26,30). The molecule has 0 saturated carbocycles. The Morgan fingerprint density at radius 1 is 1.30 bits per heavy atom. The minimum Gasteiger partial charge on any atom is -0.466 e. The number of benzene rings is 1. The van der Waals surface area contributed by atoms with E-state index in [1.165, 1.54) is 4.90 Å². The first-order valence-corrected chi connectivity index (χ1v) is 11.4. The first kappa shape index (κ1) is 24.5. The van der Waals surface area contributed by atoms with Crippen molar-refractivity contribution in [2.24, 2.45) is 0 Å². The largest absolute Gasteiger partial charge is 0.466 e. The van der Waals surface area contributed by atoms with E-state index in [-0.39, 0.29) is 43.4 Å². The summed E-state index contributed by atoms with van der Waals surface area (Å²) in [6, 6.07) is 5.96. The van der Waals surface area contributed by atoms with Crippen molar-refractivity contribution in [3.63, 3.8) is 0 Å². The first-order chi connectivity index (χ1) is 16.0. The summed E-state index contributed by atoms with van der Waals surface area (Å²) in [6.07, 6.45) is 2.50. The molecule has 0 radical (unpaired) electrons. The van der Waals surface area contributed by atoms with Crippen molar-refractivity contribution in [3.8, 4) is 0 Å². The molecule has 1 aromatic carbocycles. The number of hydrogen-bond acceptors (Lipinski definition) is 7. The minimum atomic E-state index is -0.896. The van der Waals surface area contributed by atoms with Gasteiger partial charge in [0.15, 0.2) is 0 Å². The van der Waals surface area contributed by atoms with Crippen molar-refractivity contribution in [2.75, 3.05) is 44.7 Å². The molecule has 33 heavy (non-hydrogen) atoms. The monoisotopic (exact) mass is 460 g/mol. The first-order valence-electron chi connectivity index (χ1n) is 11.4. The lowest BCUT2D eigenvalue weighted by atomic mass is 10.1. The van der Waals surface area contributed by atoms with Crippen LogP contribution in [0, 0.1) is 0 Å². The van der Waals surface area contributed by atoms with E-state index in [2.05, 4.69) is 16.0 Å². The number of nitrogens with one attached hydrogen (secondary N) is 3. The maximum atomic E-state index is 12.8. The summed E-state index contributed by atoms with van der Waals surface area (Å²) in [5.74, 6) is -1.40. The fraction of sp³-hybridized carbons (Fsp3) is 0.565. The predicted molar refractivity (Wildman–Crippen MR) is 121 cm³/mol. The summed E-state index contributed by atoms with van der Waals surface area (Å²) in [5.41, 5.74) is 1.08. The molecule has 0 aromatic heterocycles.